The van der Waals surface area contributed by atoms with Crippen molar-refractivity contribution in [3.05, 3.63) is 34.9 Å². The van der Waals surface area contributed by atoms with E-state index in [4.69, 9.17) is 22.0 Å². The lowest BCUT2D eigenvalue weighted by molar-refractivity contribution is -0.169. The van der Waals surface area contributed by atoms with Gasteiger partial charge in [-0.15, -0.1) is 0 Å². The van der Waals surface area contributed by atoms with Crippen LogP contribution >= 0.6 is 11.6 Å². The van der Waals surface area contributed by atoms with Gasteiger partial charge in [-0.25, -0.2) is 0 Å². The number of alkyl halides is 3. The molecule has 1 aliphatic rings. The molecule has 96 valence electrons. The molecule has 18 heavy (non-hydrogen) atoms. The molecule has 6 heteroatoms. The number of hydrogen-bond donors (Lipinski definition) is 1. The number of nitrogens with zero attached hydrogens (tertiary/aromatic N) is 1. The second kappa shape index (κ2) is 3.87. The minimum atomic E-state index is -4.60. The van der Waals surface area contributed by atoms with E-state index < -0.39 is 30.0 Å². The van der Waals surface area contributed by atoms with Crippen LogP contribution in [0, 0.1) is 16.7 Å². The van der Waals surface area contributed by atoms with Crippen molar-refractivity contribution >= 4 is 11.6 Å². The van der Waals surface area contributed by atoms with Crippen molar-refractivity contribution in [3.63, 3.8) is 0 Å². The Morgan fingerprint density at radius 1 is 1.44 bits per heavy atom. The molecule has 0 amide bonds. The second-order valence-electron chi connectivity index (χ2n) is 4.44. The van der Waals surface area contributed by atoms with Gasteiger partial charge in [-0.1, -0.05) is 23.7 Å². The Morgan fingerprint density at radius 2 is 2.11 bits per heavy atom. The molecule has 2 rings (SSSR count). The van der Waals surface area contributed by atoms with Crippen LogP contribution in [0.2, 0.25) is 5.02 Å². The monoisotopic (exact) mass is 275 g/mol. The normalized spacial score (nSPS) is 30.9. The highest BCUT2D eigenvalue weighted by molar-refractivity contribution is 6.30. The Balaban J connectivity index is 2.59. The van der Waals surface area contributed by atoms with Crippen molar-refractivity contribution in [1.82, 2.24) is 0 Å². The molecule has 0 spiro atoms. The number of rotatable bonds is 2. The number of hydrogen-bond acceptors (Lipinski definition) is 2. The summed E-state index contributed by atoms with van der Waals surface area (Å²) < 4.78 is 39.8. The summed E-state index contributed by atoms with van der Waals surface area (Å²) in [4.78, 5) is 0. The Kier molecular flexibility index (Phi) is 2.84. The van der Waals surface area contributed by atoms with Gasteiger partial charge in [0.1, 0.15) is 5.41 Å². The predicted molar refractivity (Wildman–Crippen MR) is 58.9 cm³/mol. The first-order chi connectivity index (χ1) is 8.33. The number of aliphatic hydroxyl groups excluding tert-OH is 1. The highest BCUT2D eigenvalue weighted by Crippen LogP contribution is 2.71. The minimum Gasteiger partial charge on any atom is -0.395 e. The lowest BCUT2D eigenvalue weighted by Gasteiger charge is -2.24. The molecule has 0 bridgehead atoms. The topological polar surface area (TPSA) is 44.0 Å². The van der Waals surface area contributed by atoms with E-state index in [2.05, 4.69) is 0 Å². The SMILES string of the molecule is N#C[C@@]1(CO)C[C@]1(c1cccc(Cl)c1)C(F)(F)F. The van der Waals surface area contributed by atoms with Gasteiger partial charge in [0.05, 0.1) is 18.1 Å². The largest absolute Gasteiger partial charge is 0.400 e. The molecular weight excluding hydrogens is 267 g/mol. The van der Waals surface area contributed by atoms with Crippen LogP contribution in [0.4, 0.5) is 13.2 Å². The van der Waals surface area contributed by atoms with E-state index in [1.807, 2.05) is 0 Å². The highest BCUT2D eigenvalue weighted by atomic mass is 35.5. The van der Waals surface area contributed by atoms with Gasteiger partial charge in [-0.2, -0.15) is 18.4 Å². The maximum absolute atomic E-state index is 13.3. The molecule has 2 atom stereocenters. The van der Waals surface area contributed by atoms with E-state index in [1.54, 1.807) is 6.07 Å². The van der Waals surface area contributed by atoms with Crippen molar-refractivity contribution in [1.29, 1.82) is 5.26 Å². The lowest BCUT2D eigenvalue weighted by atomic mass is 9.86. The van der Waals surface area contributed by atoms with Crippen LogP contribution in [0.25, 0.3) is 0 Å². The lowest BCUT2D eigenvalue weighted by Crippen LogP contribution is -2.36. The van der Waals surface area contributed by atoms with Crippen LogP contribution in [0.1, 0.15) is 12.0 Å². The zero-order valence-corrected chi connectivity index (χ0v) is 9.89. The maximum Gasteiger partial charge on any atom is 0.400 e. The van der Waals surface area contributed by atoms with Crippen LogP contribution < -0.4 is 0 Å². The summed E-state index contributed by atoms with van der Waals surface area (Å²) in [6.07, 6.45) is -5.03. The van der Waals surface area contributed by atoms with Gasteiger partial charge in [0.25, 0.3) is 0 Å². The third-order valence-corrected chi connectivity index (χ3v) is 3.78. The molecule has 1 aromatic rings. The van der Waals surface area contributed by atoms with Gasteiger partial charge in [0.2, 0.25) is 0 Å². The minimum absolute atomic E-state index is 0.0712. The molecule has 1 fully saturated rings. The Morgan fingerprint density at radius 3 is 2.50 bits per heavy atom. The highest BCUT2D eigenvalue weighted by Gasteiger charge is 2.81. The molecule has 0 saturated heterocycles. The summed E-state index contributed by atoms with van der Waals surface area (Å²) in [7, 11) is 0. The van der Waals surface area contributed by atoms with Crippen molar-refractivity contribution in [2.45, 2.75) is 18.0 Å². The molecule has 1 aliphatic carbocycles. The Hall–Kier alpha value is -1.25. The molecule has 1 aromatic carbocycles. The summed E-state index contributed by atoms with van der Waals surface area (Å²) in [5.41, 5.74) is -4.18. The molecule has 0 radical (unpaired) electrons. The first kappa shape index (κ1) is 13.2. The first-order valence-corrected chi connectivity index (χ1v) is 5.56. The standard InChI is InChI=1S/C12H9ClF3NO/c13-9-3-1-2-8(4-9)11(12(14,15)16)5-10(11,6-17)7-18/h1-4,18H,5,7H2/t10-,11-/m1/s1. The molecule has 0 unspecified atom stereocenters. The van der Waals surface area contributed by atoms with Crippen LogP contribution in [0.5, 0.6) is 0 Å². The quantitative estimate of drug-likeness (QED) is 0.901. The fraction of sp³-hybridized carbons (Fsp3) is 0.417. The van der Waals surface area contributed by atoms with Crippen molar-refractivity contribution < 1.29 is 18.3 Å². The van der Waals surface area contributed by atoms with E-state index in [0.29, 0.717) is 0 Å². The molecule has 0 heterocycles. The first-order valence-electron chi connectivity index (χ1n) is 5.18. The number of aliphatic hydroxyl groups is 1. The molecule has 2 nitrogen and oxygen atoms in total. The fourth-order valence-electron chi connectivity index (χ4n) is 2.44. The number of benzene rings is 1. The average molecular weight is 276 g/mol. The van der Waals surface area contributed by atoms with Gasteiger partial charge in [0.15, 0.2) is 0 Å². The van der Waals surface area contributed by atoms with E-state index in [0.717, 1.165) is 0 Å². The van der Waals surface area contributed by atoms with Gasteiger partial charge in [0, 0.05) is 5.02 Å². The van der Waals surface area contributed by atoms with Crippen LogP contribution in [-0.4, -0.2) is 17.9 Å². The Bertz CT molecular complexity index is 525. The van der Waals surface area contributed by atoms with E-state index >= 15 is 0 Å². The third kappa shape index (κ3) is 1.53. The third-order valence-electron chi connectivity index (χ3n) is 3.54. The van der Waals surface area contributed by atoms with Gasteiger partial charge < -0.3 is 5.11 Å². The maximum atomic E-state index is 13.3. The van der Waals surface area contributed by atoms with Crippen LogP contribution in [0.3, 0.4) is 0 Å². The van der Waals surface area contributed by atoms with E-state index in [9.17, 15) is 13.2 Å². The fourth-order valence-corrected chi connectivity index (χ4v) is 2.63. The summed E-state index contributed by atoms with van der Waals surface area (Å²) in [6.45, 7) is -0.824. The van der Waals surface area contributed by atoms with Gasteiger partial charge in [-0.05, 0) is 24.1 Å². The van der Waals surface area contributed by atoms with Crippen molar-refractivity contribution in [2.75, 3.05) is 6.61 Å². The van der Waals surface area contributed by atoms with Gasteiger partial charge in [-0.3, -0.25) is 0 Å². The van der Waals surface area contributed by atoms with Crippen molar-refractivity contribution in [2.24, 2.45) is 5.41 Å². The summed E-state index contributed by atoms with van der Waals surface area (Å²) >= 11 is 5.70. The zero-order chi connectivity index (χ0) is 13.6. The smallest absolute Gasteiger partial charge is 0.395 e. The molecular formula is C12H9ClF3NO. The summed E-state index contributed by atoms with van der Waals surface area (Å²) in [5, 5.41) is 18.2. The second-order valence-corrected chi connectivity index (χ2v) is 4.88. The van der Waals surface area contributed by atoms with Gasteiger partial charge >= 0.3 is 6.18 Å². The average Bonchev–Trinajstić information content (AvgIpc) is 3.00. The number of halogens is 4. The molecule has 1 N–H and O–H groups in total. The van der Waals surface area contributed by atoms with E-state index in [1.165, 1.54) is 24.3 Å². The molecule has 1 saturated carbocycles. The van der Waals surface area contributed by atoms with Crippen LogP contribution in [0.15, 0.2) is 24.3 Å². The summed E-state index contributed by atoms with van der Waals surface area (Å²) in [5.74, 6) is 0. The summed E-state index contributed by atoms with van der Waals surface area (Å²) in [6, 6.07) is 6.96. The van der Waals surface area contributed by atoms with Crippen molar-refractivity contribution in [3.8, 4) is 6.07 Å². The zero-order valence-electron chi connectivity index (χ0n) is 9.13. The Labute approximate surface area is 107 Å². The van der Waals surface area contributed by atoms with E-state index in [-0.39, 0.29) is 10.6 Å². The molecule has 0 aromatic heterocycles. The molecule has 0 aliphatic heterocycles. The predicted octanol–water partition coefficient (Wildman–Crippen LogP) is 3.05. The van der Waals surface area contributed by atoms with Crippen LogP contribution in [-0.2, 0) is 5.41 Å². The number of nitriles is 1.